The van der Waals surface area contributed by atoms with E-state index in [1.807, 2.05) is 0 Å². The van der Waals surface area contributed by atoms with Gasteiger partial charge < -0.3 is 20.4 Å². The molecule has 6 heteroatoms. The van der Waals surface area contributed by atoms with Gasteiger partial charge >= 0.3 is 0 Å². The van der Waals surface area contributed by atoms with E-state index in [1.165, 1.54) is 6.08 Å². The van der Waals surface area contributed by atoms with Crippen molar-refractivity contribution in [1.29, 1.82) is 0 Å². The quantitative estimate of drug-likeness (QED) is 0.516. The summed E-state index contributed by atoms with van der Waals surface area (Å²) in [4.78, 5) is 11.9. The Hall–Kier alpha value is -0.820. The zero-order chi connectivity index (χ0) is 19.3. The van der Waals surface area contributed by atoms with Crippen LogP contribution >= 0.6 is 0 Å². The minimum Gasteiger partial charge on any atom is -0.390 e. The van der Waals surface area contributed by atoms with Crippen LogP contribution in [-0.4, -0.2) is 55.8 Å². The Morgan fingerprint density at radius 2 is 1.73 bits per heavy atom. The summed E-state index contributed by atoms with van der Waals surface area (Å²) in [5.74, 6) is -1.16. The minimum atomic E-state index is -2.00. The van der Waals surface area contributed by atoms with Gasteiger partial charge in [0.05, 0.1) is 23.9 Å². The van der Waals surface area contributed by atoms with Crippen molar-refractivity contribution >= 4 is 5.78 Å². The van der Waals surface area contributed by atoms with Gasteiger partial charge in [-0.25, -0.2) is 4.39 Å². The molecule has 0 radical (unpaired) electrons. The third-order valence-corrected chi connectivity index (χ3v) is 8.74. The van der Waals surface area contributed by atoms with Crippen LogP contribution in [0, 0.1) is 22.7 Å². The summed E-state index contributed by atoms with van der Waals surface area (Å²) in [7, 11) is 0. The number of hydrogen-bond donors (Lipinski definition) is 4. The minimum absolute atomic E-state index is 0.0433. The average Bonchev–Trinajstić information content (AvgIpc) is 2.72. The first-order valence-corrected chi connectivity index (χ1v) is 9.60. The molecule has 5 nitrogen and oxygen atoms in total. The first-order valence-electron chi connectivity index (χ1n) is 9.60. The third-order valence-electron chi connectivity index (χ3n) is 8.74. The molecule has 3 saturated carbocycles. The lowest BCUT2D eigenvalue weighted by atomic mass is 9.43. The molecule has 26 heavy (non-hydrogen) atoms. The molecule has 0 aromatic heterocycles. The highest BCUT2D eigenvalue weighted by atomic mass is 19.1. The van der Waals surface area contributed by atoms with Gasteiger partial charge in [0.1, 0.15) is 5.67 Å². The van der Waals surface area contributed by atoms with Gasteiger partial charge in [-0.05, 0) is 50.2 Å². The summed E-state index contributed by atoms with van der Waals surface area (Å²) in [5.41, 5.74) is -4.99. The molecule has 0 saturated heterocycles. The Labute approximate surface area is 152 Å². The molecule has 4 N–H and O–H groups in total. The van der Waals surface area contributed by atoms with E-state index in [9.17, 15) is 25.2 Å². The van der Waals surface area contributed by atoms with E-state index < -0.39 is 46.3 Å². The van der Waals surface area contributed by atoms with E-state index in [2.05, 4.69) is 0 Å². The molecule has 9 atom stereocenters. The van der Waals surface area contributed by atoms with Gasteiger partial charge in [-0.2, -0.15) is 0 Å². The standard InChI is InChI=1S/C20H29FO5/c1-17-5-4-10(22)6-13(17)14(23)7-12-11-8-15(24)19(3,26)18(11,2)9-16(25)20(12,17)21/h6,11-12,14-16,23-26H,4-5,7-9H2,1-3H3/t11?,12?,14?,15?,16?,17?,18?,19-,20-/m0/s1. The highest BCUT2D eigenvalue weighted by Gasteiger charge is 2.75. The number of aliphatic hydroxyl groups excluding tert-OH is 3. The number of carbonyl (C=O) groups excluding carboxylic acids is 1. The smallest absolute Gasteiger partial charge is 0.155 e. The number of rotatable bonds is 0. The van der Waals surface area contributed by atoms with Crippen molar-refractivity contribution in [3.63, 3.8) is 0 Å². The van der Waals surface area contributed by atoms with Gasteiger partial charge in [0, 0.05) is 23.2 Å². The first-order chi connectivity index (χ1) is 11.9. The van der Waals surface area contributed by atoms with Crippen molar-refractivity contribution in [2.24, 2.45) is 22.7 Å². The van der Waals surface area contributed by atoms with Crippen molar-refractivity contribution in [1.82, 2.24) is 0 Å². The number of fused-ring (bicyclic) bond motifs is 5. The third kappa shape index (κ3) is 1.87. The van der Waals surface area contributed by atoms with E-state index >= 15 is 4.39 Å². The highest BCUT2D eigenvalue weighted by molar-refractivity contribution is 5.92. The predicted octanol–water partition coefficient (Wildman–Crippen LogP) is 1.27. The zero-order valence-electron chi connectivity index (χ0n) is 15.6. The summed E-state index contributed by atoms with van der Waals surface area (Å²) in [6.07, 6.45) is -1.09. The van der Waals surface area contributed by atoms with Crippen molar-refractivity contribution in [3.05, 3.63) is 11.6 Å². The number of alkyl halides is 1. The maximum absolute atomic E-state index is 16.7. The van der Waals surface area contributed by atoms with E-state index in [0.29, 0.717) is 5.57 Å². The second kappa shape index (κ2) is 5.16. The molecule has 3 fully saturated rings. The maximum Gasteiger partial charge on any atom is 0.155 e. The van der Waals surface area contributed by atoms with Crippen LogP contribution in [0.2, 0.25) is 0 Å². The second-order valence-electron chi connectivity index (χ2n) is 9.67. The van der Waals surface area contributed by atoms with Gasteiger partial charge in [0.25, 0.3) is 0 Å². The Balaban J connectivity index is 1.86. The number of halogens is 1. The molecule has 0 aliphatic heterocycles. The SMILES string of the molecule is CC12CCC(=O)C=C1C(O)CC1C3CC(O)[C@](C)(O)C3(C)CC(O)[C@@]12F. The van der Waals surface area contributed by atoms with E-state index in [0.717, 1.165) is 0 Å². The molecule has 0 spiro atoms. The molecule has 0 heterocycles. The van der Waals surface area contributed by atoms with E-state index in [-0.39, 0.29) is 43.8 Å². The maximum atomic E-state index is 16.7. The van der Waals surface area contributed by atoms with Crippen LogP contribution in [0.3, 0.4) is 0 Å². The second-order valence-corrected chi connectivity index (χ2v) is 9.67. The molecule has 0 aromatic carbocycles. The number of aliphatic hydroxyl groups is 4. The molecular formula is C20H29FO5. The lowest BCUT2D eigenvalue weighted by molar-refractivity contribution is -0.237. The van der Waals surface area contributed by atoms with Crippen LogP contribution in [0.4, 0.5) is 4.39 Å². The largest absolute Gasteiger partial charge is 0.390 e. The molecule has 4 rings (SSSR count). The molecular weight excluding hydrogens is 339 g/mol. The van der Waals surface area contributed by atoms with Gasteiger partial charge in [-0.1, -0.05) is 13.8 Å². The number of carbonyl (C=O) groups is 1. The molecule has 4 aliphatic carbocycles. The number of hydrogen-bond acceptors (Lipinski definition) is 5. The van der Waals surface area contributed by atoms with Crippen molar-refractivity contribution in [3.8, 4) is 0 Å². The van der Waals surface area contributed by atoms with Crippen LogP contribution in [0.15, 0.2) is 11.6 Å². The lowest BCUT2D eigenvalue weighted by Gasteiger charge is -2.64. The Morgan fingerprint density at radius 1 is 1.08 bits per heavy atom. The van der Waals surface area contributed by atoms with Gasteiger partial charge in [0.15, 0.2) is 5.78 Å². The van der Waals surface area contributed by atoms with Crippen LogP contribution in [0.25, 0.3) is 0 Å². The lowest BCUT2D eigenvalue weighted by Crippen LogP contribution is -2.70. The first kappa shape index (κ1) is 18.5. The van der Waals surface area contributed by atoms with Crippen LogP contribution < -0.4 is 0 Å². The fraction of sp³-hybridized carbons (Fsp3) is 0.850. The fourth-order valence-electron chi connectivity index (χ4n) is 6.82. The summed E-state index contributed by atoms with van der Waals surface area (Å²) in [6.45, 7) is 5.07. The van der Waals surface area contributed by atoms with Crippen molar-refractivity contribution < 1.29 is 29.6 Å². The zero-order valence-corrected chi connectivity index (χ0v) is 15.6. The molecule has 0 bridgehead atoms. The van der Waals surface area contributed by atoms with Gasteiger partial charge in [0.2, 0.25) is 0 Å². The van der Waals surface area contributed by atoms with Crippen molar-refractivity contribution in [2.45, 2.75) is 82.5 Å². The average molecular weight is 368 g/mol. The summed E-state index contributed by atoms with van der Waals surface area (Å²) in [5, 5.41) is 43.1. The van der Waals surface area contributed by atoms with Gasteiger partial charge in [-0.3, -0.25) is 4.79 Å². The molecule has 146 valence electrons. The summed E-state index contributed by atoms with van der Waals surface area (Å²) < 4.78 is 16.7. The van der Waals surface area contributed by atoms with Crippen LogP contribution in [0.5, 0.6) is 0 Å². The summed E-state index contributed by atoms with van der Waals surface area (Å²) >= 11 is 0. The van der Waals surface area contributed by atoms with Crippen LogP contribution in [0.1, 0.15) is 52.9 Å². The normalized spacial score (nSPS) is 59.3. The predicted molar refractivity (Wildman–Crippen MR) is 91.9 cm³/mol. The number of ketones is 1. The van der Waals surface area contributed by atoms with E-state index in [4.69, 9.17) is 0 Å². The van der Waals surface area contributed by atoms with Crippen molar-refractivity contribution in [2.75, 3.05) is 0 Å². The Morgan fingerprint density at radius 3 is 2.38 bits per heavy atom. The highest BCUT2D eigenvalue weighted by Crippen LogP contribution is 2.70. The molecule has 4 aliphatic rings. The monoisotopic (exact) mass is 368 g/mol. The Kier molecular flexibility index (Phi) is 3.68. The topological polar surface area (TPSA) is 98.0 Å². The summed E-state index contributed by atoms with van der Waals surface area (Å²) in [6, 6.07) is 0. The van der Waals surface area contributed by atoms with E-state index in [1.54, 1.807) is 20.8 Å². The molecule has 0 aromatic rings. The van der Waals surface area contributed by atoms with Crippen LogP contribution in [-0.2, 0) is 4.79 Å². The molecule has 7 unspecified atom stereocenters. The Bertz CT molecular complexity index is 690. The molecule has 0 amide bonds. The fourth-order valence-corrected chi connectivity index (χ4v) is 6.82. The van der Waals surface area contributed by atoms with Gasteiger partial charge in [-0.15, -0.1) is 0 Å².